The van der Waals surface area contributed by atoms with E-state index in [1.54, 1.807) is 7.11 Å². The Morgan fingerprint density at radius 2 is 2.04 bits per heavy atom. The first kappa shape index (κ1) is 18.5. The van der Waals surface area contributed by atoms with E-state index < -0.39 is 0 Å². The normalized spacial score (nSPS) is 25.0. The number of aliphatic imine (C=N–C) groups is 1. The second-order valence-electron chi connectivity index (χ2n) is 7.19. The minimum Gasteiger partial charge on any atom is -0.383 e. The van der Waals surface area contributed by atoms with Crippen molar-refractivity contribution in [3.8, 4) is 0 Å². The number of nitrogens with one attached hydrogen (secondary N) is 2. The third-order valence-electron chi connectivity index (χ3n) is 5.86. The third kappa shape index (κ3) is 5.35. The van der Waals surface area contributed by atoms with Crippen molar-refractivity contribution < 1.29 is 4.74 Å². The first-order valence-electron chi connectivity index (χ1n) is 9.40. The standard InChI is InChI=1S/C18H36N4O/c1-4-18(9-5-6-10-18)15-21-17(19-2)20-14-16-8-7-11-22(16)12-13-23-3/h16H,4-15H2,1-3H3,(H2,19,20,21). The van der Waals surface area contributed by atoms with Crippen molar-refractivity contribution in [3.63, 3.8) is 0 Å². The second-order valence-corrected chi connectivity index (χ2v) is 7.19. The number of rotatable bonds is 8. The predicted octanol–water partition coefficient (Wildman–Crippen LogP) is 2.23. The van der Waals surface area contributed by atoms with E-state index in [1.807, 2.05) is 7.05 Å². The molecule has 5 nitrogen and oxygen atoms in total. The number of ether oxygens (including phenoxy) is 1. The van der Waals surface area contributed by atoms with Crippen LogP contribution in [0.1, 0.15) is 51.9 Å². The summed E-state index contributed by atoms with van der Waals surface area (Å²) in [5.74, 6) is 0.961. The topological polar surface area (TPSA) is 48.9 Å². The van der Waals surface area contributed by atoms with Crippen molar-refractivity contribution in [1.82, 2.24) is 15.5 Å². The van der Waals surface area contributed by atoms with Crippen LogP contribution < -0.4 is 10.6 Å². The summed E-state index contributed by atoms with van der Waals surface area (Å²) in [7, 11) is 3.65. The molecule has 2 fully saturated rings. The molecule has 1 aliphatic carbocycles. The van der Waals surface area contributed by atoms with Crippen LogP contribution in [0.5, 0.6) is 0 Å². The monoisotopic (exact) mass is 324 g/mol. The van der Waals surface area contributed by atoms with Gasteiger partial charge in [-0.3, -0.25) is 9.89 Å². The van der Waals surface area contributed by atoms with E-state index in [2.05, 4.69) is 27.4 Å². The maximum atomic E-state index is 5.22. The summed E-state index contributed by atoms with van der Waals surface area (Å²) >= 11 is 0. The highest BCUT2D eigenvalue weighted by Gasteiger charge is 2.32. The Morgan fingerprint density at radius 3 is 2.70 bits per heavy atom. The third-order valence-corrected chi connectivity index (χ3v) is 5.86. The fourth-order valence-electron chi connectivity index (χ4n) is 4.12. The molecule has 2 N–H and O–H groups in total. The van der Waals surface area contributed by atoms with Gasteiger partial charge in [0.2, 0.25) is 0 Å². The summed E-state index contributed by atoms with van der Waals surface area (Å²) < 4.78 is 5.22. The molecule has 0 aromatic carbocycles. The molecule has 0 aromatic rings. The van der Waals surface area contributed by atoms with Gasteiger partial charge in [0, 0.05) is 39.8 Å². The first-order chi connectivity index (χ1) is 11.2. The van der Waals surface area contributed by atoms with Gasteiger partial charge in [0.15, 0.2) is 5.96 Å². The van der Waals surface area contributed by atoms with Crippen molar-refractivity contribution in [3.05, 3.63) is 0 Å². The molecule has 1 aliphatic heterocycles. The van der Waals surface area contributed by atoms with E-state index >= 15 is 0 Å². The highest BCUT2D eigenvalue weighted by molar-refractivity contribution is 5.79. The van der Waals surface area contributed by atoms with Crippen LogP contribution in [-0.2, 0) is 4.74 Å². The summed E-state index contributed by atoms with van der Waals surface area (Å²) in [4.78, 5) is 6.95. The molecule has 1 heterocycles. The minimum atomic E-state index is 0.496. The van der Waals surface area contributed by atoms with Crippen LogP contribution in [-0.4, -0.2) is 63.8 Å². The molecular weight excluding hydrogens is 288 g/mol. The molecule has 1 saturated carbocycles. The zero-order chi connectivity index (χ0) is 16.5. The lowest BCUT2D eigenvalue weighted by molar-refractivity contribution is 0.141. The average Bonchev–Trinajstić information content (AvgIpc) is 3.23. The predicted molar refractivity (Wildman–Crippen MR) is 97.0 cm³/mol. The highest BCUT2D eigenvalue weighted by atomic mass is 16.5. The van der Waals surface area contributed by atoms with E-state index in [0.29, 0.717) is 11.5 Å². The fraction of sp³-hybridized carbons (Fsp3) is 0.944. The second kappa shape index (κ2) is 9.48. The van der Waals surface area contributed by atoms with Gasteiger partial charge >= 0.3 is 0 Å². The largest absolute Gasteiger partial charge is 0.383 e. The minimum absolute atomic E-state index is 0.496. The Hall–Kier alpha value is -0.810. The van der Waals surface area contributed by atoms with Crippen LogP contribution in [0.25, 0.3) is 0 Å². The Balaban J connectivity index is 1.74. The Kier molecular flexibility index (Phi) is 7.63. The maximum absolute atomic E-state index is 5.22. The van der Waals surface area contributed by atoms with Crippen molar-refractivity contribution >= 4 is 5.96 Å². The lowest BCUT2D eigenvalue weighted by Gasteiger charge is -2.29. The molecule has 5 heteroatoms. The zero-order valence-electron chi connectivity index (χ0n) is 15.4. The van der Waals surface area contributed by atoms with Gasteiger partial charge in [-0.25, -0.2) is 0 Å². The first-order valence-corrected chi connectivity index (χ1v) is 9.40. The van der Waals surface area contributed by atoms with Crippen molar-refractivity contribution in [2.75, 3.05) is 46.9 Å². The van der Waals surface area contributed by atoms with Gasteiger partial charge in [0.25, 0.3) is 0 Å². The number of likely N-dealkylation sites (tertiary alicyclic amines) is 1. The number of hydrogen-bond acceptors (Lipinski definition) is 3. The van der Waals surface area contributed by atoms with Crippen molar-refractivity contribution in [2.45, 2.75) is 57.9 Å². The molecule has 0 aromatic heterocycles. The summed E-state index contributed by atoms with van der Waals surface area (Å²) in [5.41, 5.74) is 0.496. The summed E-state index contributed by atoms with van der Waals surface area (Å²) in [6, 6.07) is 0.607. The Bertz CT molecular complexity index is 366. The average molecular weight is 325 g/mol. The van der Waals surface area contributed by atoms with Gasteiger partial charge in [0.05, 0.1) is 6.61 Å². The van der Waals surface area contributed by atoms with Gasteiger partial charge in [-0.15, -0.1) is 0 Å². The van der Waals surface area contributed by atoms with Crippen LogP contribution in [0.3, 0.4) is 0 Å². The van der Waals surface area contributed by atoms with Crippen LogP contribution in [0.2, 0.25) is 0 Å². The molecule has 2 rings (SSSR count). The fourth-order valence-corrected chi connectivity index (χ4v) is 4.12. The lowest BCUT2D eigenvalue weighted by atomic mass is 9.83. The molecule has 1 saturated heterocycles. The van der Waals surface area contributed by atoms with E-state index in [-0.39, 0.29) is 0 Å². The van der Waals surface area contributed by atoms with Gasteiger partial charge in [-0.2, -0.15) is 0 Å². The summed E-state index contributed by atoms with van der Waals surface area (Å²) in [6.45, 7) is 7.41. The van der Waals surface area contributed by atoms with E-state index in [9.17, 15) is 0 Å². The maximum Gasteiger partial charge on any atom is 0.191 e. The van der Waals surface area contributed by atoms with Crippen LogP contribution >= 0.6 is 0 Å². The molecule has 1 atom stereocenters. The molecule has 0 bridgehead atoms. The molecule has 134 valence electrons. The SMILES string of the molecule is CCC1(CNC(=NC)NCC2CCCN2CCOC)CCCC1. The van der Waals surface area contributed by atoms with E-state index in [4.69, 9.17) is 4.74 Å². The van der Waals surface area contributed by atoms with Gasteiger partial charge in [-0.05, 0) is 44.1 Å². The van der Waals surface area contributed by atoms with Gasteiger partial charge < -0.3 is 15.4 Å². The summed E-state index contributed by atoms with van der Waals surface area (Å²) in [5, 5.41) is 7.12. The Morgan fingerprint density at radius 1 is 1.26 bits per heavy atom. The van der Waals surface area contributed by atoms with Gasteiger partial charge in [-0.1, -0.05) is 19.8 Å². The molecule has 1 unspecified atom stereocenters. The zero-order valence-corrected chi connectivity index (χ0v) is 15.4. The molecule has 2 aliphatic rings. The number of nitrogens with zero attached hydrogens (tertiary/aromatic N) is 2. The van der Waals surface area contributed by atoms with Crippen molar-refractivity contribution in [2.24, 2.45) is 10.4 Å². The highest BCUT2D eigenvalue weighted by Crippen LogP contribution is 2.40. The number of guanidine groups is 1. The van der Waals surface area contributed by atoms with Crippen molar-refractivity contribution in [1.29, 1.82) is 0 Å². The van der Waals surface area contributed by atoms with Crippen LogP contribution in [0.4, 0.5) is 0 Å². The molecule has 0 amide bonds. The molecule has 0 radical (unpaired) electrons. The molecule has 0 spiro atoms. The lowest BCUT2D eigenvalue weighted by Crippen LogP contribution is -2.47. The quantitative estimate of drug-likeness (QED) is 0.531. The van der Waals surface area contributed by atoms with Gasteiger partial charge in [0.1, 0.15) is 0 Å². The van der Waals surface area contributed by atoms with E-state index in [1.165, 1.54) is 51.5 Å². The summed E-state index contributed by atoms with van der Waals surface area (Å²) in [6.07, 6.45) is 9.33. The van der Waals surface area contributed by atoms with Crippen LogP contribution in [0, 0.1) is 5.41 Å². The smallest absolute Gasteiger partial charge is 0.191 e. The van der Waals surface area contributed by atoms with Crippen LogP contribution in [0.15, 0.2) is 4.99 Å². The number of methoxy groups -OCH3 is 1. The molecule has 23 heavy (non-hydrogen) atoms. The van der Waals surface area contributed by atoms with E-state index in [0.717, 1.165) is 32.2 Å². The number of hydrogen-bond donors (Lipinski definition) is 2. The Labute approximate surface area is 142 Å². The molecular formula is C18H36N4O.